The third-order valence-corrected chi connectivity index (χ3v) is 3.88. The predicted octanol–water partition coefficient (Wildman–Crippen LogP) is 3.10. The highest BCUT2D eigenvalue weighted by molar-refractivity contribution is 14.1. The molecular weight excluding hydrogens is 367 g/mol. The number of aromatic amines is 1. The average molecular weight is 380 g/mol. The molecule has 0 aliphatic carbocycles. The van der Waals surface area contributed by atoms with Gasteiger partial charge in [0.15, 0.2) is 5.82 Å². The molecule has 0 saturated heterocycles. The van der Waals surface area contributed by atoms with E-state index >= 15 is 0 Å². The van der Waals surface area contributed by atoms with E-state index in [1.54, 1.807) is 6.33 Å². The van der Waals surface area contributed by atoms with Crippen LogP contribution in [0.15, 0.2) is 47.4 Å². The van der Waals surface area contributed by atoms with E-state index < -0.39 is 0 Å². The molecule has 2 heterocycles. The summed E-state index contributed by atoms with van der Waals surface area (Å²) in [6.07, 6.45) is 4.98. The lowest BCUT2D eigenvalue weighted by molar-refractivity contribution is 0.374. The van der Waals surface area contributed by atoms with Gasteiger partial charge in [-0.1, -0.05) is 58.1 Å². The van der Waals surface area contributed by atoms with Crippen LogP contribution in [0.1, 0.15) is 26.9 Å². The summed E-state index contributed by atoms with van der Waals surface area (Å²) in [5.74, 6) is 1.38. The van der Waals surface area contributed by atoms with Gasteiger partial charge < -0.3 is 9.51 Å². The Hall–Kier alpha value is -1.70. The van der Waals surface area contributed by atoms with Gasteiger partial charge in [-0.2, -0.15) is 4.98 Å². The summed E-state index contributed by atoms with van der Waals surface area (Å²) in [6, 6.07) is 10.1. The highest BCUT2D eigenvalue weighted by atomic mass is 127. The van der Waals surface area contributed by atoms with Crippen LogP contribution in [0.2, 0.25) is 0 Å². The SMILES string of the molecule is I[C@@H](Cc1cnc[nH]1)c1nc(Cc2ccccc2)no1. The fraction of sp³-hybridized carbons (Fsp3) is 0.214. The maximum atomic E-state index is 5.34. The molecule has 5 nitrogen and oxygen atoms in total. The van der Waals surface area contributed by atoms with Crippen LogP contribution in [0.4, 0.5) is 0 Å². The normalized spacial score (nSPS) is 12.4. The number of nitrogens with one attached hydrogen (secondary N) is 1. The van der Waals surface area contributed by atoms with E-state index in [1.807, 2.05) is 24.4 Å². The van der Waals surface area contributed by atoms with E-state index in [9.17, 15) is 0 Å². The molecule has 3 aromatic rings. The molecular formula is C14H13IN4O. The molecule has 1 aromatic carbocycles. The summed E-state index contributed by atoms with van der Waals surface area (Å²) in [5, 5.41) is 4.05. The van der Waals surface area contributed by atoms with Crippen molar-refractivity contribution >= 4 is 22.6 Å². The number of nitrogens with zero attached hydrogens (tertiary/aromatic N) is 3. The Kier molecular flexibility index (Phi) is 4.10. The first-order valence-electron chi connectivity index (χ1n) is 6.29. The third-order valence-electron chi connectivity index (χ3n) is 2.91. The number of hydrogen-bond acceptors (Lipinski definition) is 4. The van der Waals surface area contributed by atoms with Crippen molar-refractivity contribution in [1.82, 2.24) is 20.1 Å². The van der Waals surface area contributed by atoms with Crippen LogP contribution in [-0.2, 0) is 12.8 Å². The van der Waals surface area contributed by atoms with E-state index in [4.69, 9.17) is 4.52 Å². The topological polar surface area (TPSA) is 67.6 Å². The molecule has 0 bridgehead atoms. The van der Waals surface area contributed by atoms with E-state index in [1.165, 1.54) is 5.56 Å². The van der Waals surface area contributed by atoms with Crippen LogP contribution in [-0.4, -0.2) is 20.1 Å². The molecule has 102 valence electrons. The number of alkyl halides is 1. The number of hydrogen-bond donors (Lipinski definition) is 1. The molecule has 0 fully saturated rings. The zero-order chi connectivity index (χ0) is 13.8. The Bertz CT molecular complexity index is 651. The van der Waals surface area contributed by atoms with Crippen LogP contribution in [0.5, 0.6) is 0 Å². The number of H-pyrrole nitrogens is 1. The van der Waals surface area contributed by atoms with Gasteiger partial charge in [-0.25, -0.2) is 4.98 Å². The van der Waals surface area contributed by atoms with Gasteiger partial charge >= 0.3 is 0 Å². The minimum atomic E-state index is 0.144. The first-order chi connectivity index (χ1) is 9.81. The predicted molar refractivity (Wildman–Crippen MR) is 82.6 cm³/mol. The second-order valence-electron chi connectivity index (χ2n) is 4.46. The van der Waals surface area contributed by atoms with Crippen LogP contribution >= 0.6 is 22.6 Å². The molecule has 20 heavy (non-hydrogen) atoms. The van der Waals surface area contributed by atoms with Crippen molar-refractivity contribution in [3.05, 3.63) is 65.8 Å². The summed E-state index contributed by atoms with van der Waals surface area (Å²) < 4.78 is 5.49. The Morgan fingerprint density at radius 1 is 1.25 bits per heavy atom. The third kappa shape index (κ3) is 3.24. The van der Waals surface area contributed by atoms with Crippen molar-refractivity contribution in [2.24, 2.45) is 0 Å². The summed E-state index contributed by atoms with van der Waals surface area (Å²) in [6.45, 7) is 0. The second kappa shape index (κ2) is 6.17. The number of aromatic nitrogens is 4. The summed E-state index contributed by atoms with van der Waals surface area (Å²) >= 11 is 2.31. The molecule has 0 unspecified atom stereocenters. The molecule has 0 saturated carbocycles. The van der Waals surface area contributed by atoms with Crippen LogP contribution in [0.3, 0.4) is 0 Å². The van der Waals surface area contributed by atoms with Crippen molar-refractivity contribution in [3.63, 3.8) is 0 Å². The van der Waals surface area contributed by atoms with Crippen LogP contribution in [0, 0.1) is 0 Å². The maximum absolute atomic E-state index is 5.34. The van der Waals surface area contributed by atoms with Crippen molar-refractivity contribution in [2.45, 2.75) is 16.8 Å². The minimum absolute atomic E-state index is 0.144. The molecule has 0 aliphatic heterocycles. The van der Waals surface area contributed by atoms with Gasteiger partial charge in [0.25, 0.3) is 0 Å². The minimum Gasteiger partial charge on any atom is -0.348 e. The Morgan fingerprint density at radius 3 is 2.85 bits per heavy atom. The molecule has 6 heteroatoms. The average Bonchev–Trinajstić information content (AvgIpc) is 3.11. The summed E-state index contributed by atoms with van der Waals surface area (Å²) in [7, 11) is 0. The largest absolute Gasteiger partial charge is 0.348 e. The monoisotopic (exact) mass is 380 g/mol. The molecule has 2 aromatic heterocycles. The van der Waals surface area contributed by atoms with Gasteiger partial charge in [0.05, 0.1) is 10.3 Å². The van der Waals surface area contributed by atoms with E-state index in [2.05, 4.69) is 54.8 Å². The lowest BCUT2D eigenvalue weighted by Crippen LogP contribution is -1.97. The summed E-state index contributed by atoms with van der Waals surface area (Å²) in [5.41, 5.74) is 2.24. The van der Waals surface area contributed by atoms with Gasteiger partial charge in [0.2, 0.25) is 5.89 Å². The van der Waals surface area contributed by atoms with Gasteiger partial charge in [0.1, 0.15) is 0 Å². The highest BCUT2D eigenvalue weighted by Gasteiger charge is 2.17. The standard InChI is InChI=1S/C14H13IN4O/c15-12(7-11-8-16-9-17-11)14-18-13(19-20-14)6-10-4-2-1-3-5-10/h1-5,8-9,12H,6-7H2,(H,16,17)/t12-/m0/s1. The smallest absolute Gasteiger partial charge is 0.240 e. The molecule has 0 aliphatic rings. The molecule has 0 radical (unpaired) electrons. The molecule has 1 N–H and O–H groups in total. The molecule has 3 rings (SSSR count). The van der Waals surface area contributed by atoms with E-state index in [-0.39, 0.29) is 3.92 Å². The summed E-state index contributed by atoms with van der Waals surface area (Å²) in [4.78, 5) is 11.5. The molecule has 0 amide bonds. The van der Waals surface area contributed by atoms with Gasteiger partial charge in [-0.05, 0) is 5.56 Å². The van der Waals surface area contributed by atoms with Crippen molar-refractivity contribution < 1.29 is 4.52 Å². The Morgan fingerprint density at radius 2 is 2.10 bits per heavy atom. The molecule has 1 atom stereocenters. The number of imidazole rings is 1. The zero-order valence-corrected chi connectivity index (χ0v) is 12.8. The van der Waals surface area contributed by atoms with Crippen LogP contribution in [0.25, 0.3) is 0 Å². The number of benzene rings is 1. The van der Waals surface area contributed by atoms with Crippen molar-refractivity contribution in [2.75, 3.05) is 0 Å². The van der Waals surface area contributed by atoms with Gasteiger partial charge in [-0.15, -0.1) is 0 Å². The first-order valence-corrected chi connectivity index (χ1v) is 7.53. The van der Waals surface area contributed by atoms with E-state index in [0.717, 1.165) is 17.9 Å². The molecule has 0 spiro atoms. The lowest BCUT2D eigenvalue weighted by Gasteiger charge is -2.01. The Balaban J connectivity index is 1.67. The Labute approximate surface area is 130 Å². The number of rotatable bonds is 5. The maximum Gasteiger partial charge on any atom is 0.240 e. The van der Waals surface area contributed by atoms with Gasteiger partial charge in [-0.3, -0.25) is 0 Å². The fourth-order valence-corrected chi connectivity index (χ4v) is 2.65. The van der Waals surface area contributed by atoms with Crippen LogP contribution < -0.4 is 0 Å². The number of halogens is 1. The highest BCUT2D eigenvalue weighted by Crippen LogP contribution is 2.25. The first kappa shape index (κ1) is 13.3. The quantitative estimate of drug-likeness (QED) is 0.546. The lowest BCUT2D eigenvalue weighted by atomic mass is 10.1. The second-order valence-corrected chi connectivity index (χ2v) is 5.96. The zero-order valence-electron chi connectivity index (χ0n) is 10.7. The van der Waals surface area contributed by atoms with Crippen molar-refractivity contribution in [3.8, 4) is 0 Å². The fourth-order valence-electron chi connectivity index (χ4n) is 1.92. The van der Waals surface area contributed by atoms with Gasteiger partial charge in [0, 0.05) is 24.7 Å². The van der Waals surface area contributed by atoms with E-state index in [0.29, 0.717) is 12.3 Å². The van der Waals surface area contributed by atoms with Crippen molar-refractivity contribution in [1.29, 1.82) is 0 Å².